The number of nitrogens with zero attached hydrogens (tertiary/aromatic N) is 3. The first kappa shape index (κ1) is 25.1. The third-order valence-electron chi connectivity index (χ3n) is 4.22. The van der Waals surface area contributed by atoms with Crippen LogP contribution in [0.15, 0.2) is 35.6 Å². The van der Waals surface area contributed by atoms with E-state index in [0.29, 0.717) is 25.0 Å². The first-order valence-corrected chi connectivity index (χ1v) is 9.37. The predicted molar refractivity (Wildman–Crippen MR) is 122 cm³/mol. The minimum atomic E-state index is -2.62. The molecule has 0 atom stereocenters. The number of rotatable bonds is 9. The van der Waals surface area contributed by atoms with Crippen molar-refractivity contribution in [2.75, 3.05) is 13.7 Å². The van der Waals surface area contributed by atoms with Crippen molar-refractivity contribution in [2.45, 2.75) is 46.8 Å². The highest BCUT2D eigenvalue weighted by molar-refractivity contribution is 14.0. The van der Waals surface area contributed by atoms with Gasteiger partial charge in [0.05, 0.1) is 13.2 Å². The van der Waals surface area contributed by atoms with Crippen LogP contribution in [0.2, 0.25) is 0 Å². The lowest BCUT2D eigenvalue weighted by atomic mass is 10.1. The van der Waals surface area contributed by atoms with E-state index in [1.165, 1.54) is 12.4 Å². The Hall–Kier alpha value is -1.91. The first-order chi connectivity index (χ1) is 13.4. The third-order valence-corrected chi connectivity index (χ3v) is 4.22. The molecule has 0 saturated heterocycles. The fourth-order valence-electron chi connectivity index (χ4n) is 2.57. The monoisotopic (exact) mass is 521 g/mol. The molecule has 29 heavy (non-hydrogen) atoms. The minimum Gasteiger partial charge on any atom is -0.493 e. The SMILES string of the molecule is CN=C(NCc1ccc(C)cc1OCCC(C)C)NCc1nccn1C(F)F.I. The Morgan fingerprint density at radius 1 is 1.24 bits per heavy atom. The standard InChI is InChI=1S/C20H29F2N5O.HI/c1-14(2)7-10-28-17-11-15(3)5-6-16(17)12-25-20(23-4)26-13-18-24-8-9-27(18)19(21)22;/h5-6,8-9,11,14,19H,7,10,12-13H2,1-4H3,(H2,23,25,26);1H. The van der Waals surface area contributed by atoms with Gasteiger partial charge in [0, 0.05) is 31.5 Å². The molecule has 0 aliphatic rings. The molecule has 0 radical (unpaired) electrons. The molecular formula is C20H30F2IN5O. The highest BCUT2D eigenvalue weighted by Crippen LogP contribution is 2.21. The summed E-state index contributed by atoms with van der Waals surface area (Å²) in [6.07, 6.45) is 3.60. The highest BCUT2D eigenvalue weighted by atomic mass is 127. The maximum atomic E-state index is 12.9. The molecule has 2 N–H and O–H groups in total. The van der Waals surface area contributed by atoms with Crippen molar-refractivity contribution < 1.29 is 13.5 Å². The van der Waals surface area contributed by atoms with E-state index in [4.69, 9.17) is 4.74 Å². The number of alkyl halides is 2. The molecular weight excluding hydrogens is 491 g/mol. The Bertz CT molecular complexity index is 780. The van der Waals surface area contributed by atoms with Crippen molar-refractivity contribution in [3.8, 4) is 5.75 Å². The second-order valence-corrected chi connectivity index (χ2v) is 6.95. The van der Waals surface area contributed by atoms with Crippen molar-refractivity contribution in [2.24, 2.45) is 10.9 Å². The quantitative estimate of drug-likeness (QED) is 0.290. The number of halogens is 3. The number of benzene rings is 1. The van der Waals surface area contributed by atoms with Gasteiger partial charge in [-0.3, -0.25) is 9.56 Å². The second-order valence-electron chi connectivity index (χ2n) is 6.95. The van der Waals surface area contributed by atoms with Crippen LogP contribution in [-0.4, -0.2) is 29.2 Å². The molecule has 0 saturated carbocycles. The molecule has 0 bridgehead atoms. The molecule has 0 aliphatic carbocycles. The van der Waals surface area contributed by atoms with Crippen LogP contribution < -0.4 is 15.4 Å². The molecule has 6 nitrogen and oxygen atoms in total. The highest BCUT2D eigenvalue weighted by Gasteiger charge is 2.12. The zero-order valence-electron chi connectivity index (χ0n) is 17.3. The predicted octanol–water partition coefficient (Wildman–Crippen LogP) is 4.49. The molecule has 2 aromatic rings. The molecule has 1 aromatic carbocycles. The number of aromatic nitrogens is 2. The normalized spacial score (nSPS) is 11.5. The zero-order valence-corrected chi connectivity index (χ0v) is 19.6. The summed E-state index contributed by atoms with van der Waals surface area (Å²) in [5.74, 6) is 2.16. The lowest BCUT2D eigenvalue weighted by Gasteiger charge is -2.16. The molecule has 0 aliphatic heterocycles. The molecule has 162 valence electrons. The van der Waals surface area contributed by atoms with Gasteiger partial charge < -0.3 is 15.4 Å². The van der Waals surface area contributed by atoms with E-state index in [1.54, 1.807) is 7.05 Å². The summed E-state index contributed by atoms with van der Waals surface area (Å²) in [5.41, 5.74) is 2.14. The maximum absolute atomic E-state index is 12.9. The van der Waals surface area contributed by atoms with E-state index in [2.05, 4.69) is 34.5 Å². The van der Waals surface area contributed by atoms with Crippen LogP contribution in [0.25, 0.3) is 0 Å². The van der Waals surface area contributed by atoms with Gasteiger partial charge in [0.1, 0.15) is 11.6 Å². The van der Waals surface area contributed by atoms with Crippen LogP contribution in [0.5, 0.6) is 5.75 Å². The van der Waals surface area contributed by atoms with Crippen LogP contribution in [0.4, 0.5) is 8.78 Å². The summed E-state index contributed by atoms with van der Waals surface area (Å²) in [5, 5.41) is 6.20. The number of aliphatic imine (C=N–C) groups is 1. The van der Waals surface area contributed by atoms with Gasteiger partial charge in [0.2, 0.25) is 0 Å². The maximum Gasteiger partial charge on any atom is 0.319 e. The summed E-state index contributed by atoms with van der Waals surface area (Å²) in [7, 11) is 1.63. The third kappa shape index (κ3) is 8.15. The van der Waals surface area contributed by atoms with E-state index in [-0.39, 0.29) is 36.3 Å². The number of aryl methyl sites for hydroxylation is 1. The van der Waals surface area contributed by atoms with Crippen LogP contribution in [0, 0.1) is 12.8 Å². The van der Waals surface area contributed by atoms with E-state index >= 15 is 0 Å². The van der Waals surface area contributed by atoms with Crippen molar-refractivity contribution in [3.63, 3.8) is 0 Å². The number of nitrogens with one attached hydrogen (secondary N) is 2. The lowest BCUT2D eigenvalue weighted by molar-refractivity contribution is 0.0668. The molecule has 0 spiro atoms. The smallest absolute Gasteiger partial charge is 0.319 e. The van der Waals surface area contributed by atoms with Crippen molar-refractivity contribution in [1.29, 1.82) is 0 Å². The average Bonchev–Trinajstić information content (AvgIpc) is 3.12. The van der Waals surface area contributed by atoms with Gasteiger partial charge in [-0.2, -0.15) is 8.78 Å². The molecule has 0 unspecified atom stereocenters. The van der Waals surface area contributed by atoms with Gasteiger partial charge in [-0.1, -0.05) is 26.0 Å². The summed E-state index contributed by atoms with van der Waals surface area (Å²) in [4.78, 5) is 8.09. The summed E-state index contributed by atoms with van der Waals surface area (Å²) >= 11 is 0. The molecule has 0 fully saturated rings. The van der Waals surface area contributed by atoms with E-state index < -0.39 is 6.55 Å². The van der Waals surface area contributed by atoms with Crippen LogP contribution >= 0.6 is 24.0 Å². The average molecular weight is 521 g/mol. The van der Waals surface area contributed by atoms with Gasteiger partial charge in [0.15, 0.2) is 5.96 Å². The summed E-state index contributed by atoms with van der Waals surface area (Å²) in [6.45, 7) is 5.04. The van der Waals surface area contributed by atoms with E-state index in [1.807, 2.05) is 25.1 Å². The van der Waals surface area contributed by atoms with Crippen LogP contribution in [0.1, 0.15) is 43.8 Å². The Labute approximate surface area is 188 Å². The van der Waals surface area contributed by atoms with Gasteiger partial charge in [0.25, 0.3) is 0 Å². The second kappa shape index (κ2) is 12.6. The number of ether oxygens (including phenoxy) is 1. The van der Waals surface area contributed by atoms with Gasteiger partial charge in [-0.25, -0.2) is 4.98 Å². The van der Waals surface area contributed by atoms with Crippen molar-refractivity contribution in [1.82, 2.24) is 20.2 Å². The van der Waals surface area contributed by atoms with Gasteiger partial charge in [-0.15, -0.1) is 24.0 Å². The molecule has 0 amide bonds. The van der Waals surface area contributed by atoms with Crippen molar-refractivity contribution in [3.05, 3.63) is 47.5 Å². The number of guanidine groups is 1. The van der Waals surface area contributed by atoms with Crippen LogP contribution in [0.3, 0.4) is 0 Å². The Kier molecular flexibility index (Phi) is 10.9. The summed E-state index contributed by atoms with van der Waals surface area (Å²) < 4.78 is 32.6. The fourth-order valence-corrected chi connectivity index (χ4v) is 2.57. The number of hydrogen-bond donors (Lipinski definition) is 2. The molecule has 1 aromatic heterocycles. The number of imidazole rings is 1. The van der Waals surface area contributed by atoms with E-state index in [0.717, 1.165) is 27.9 Å². The first-order valence-electron chi connectivity index (χ1n) is 9.37. The largest absolute Gasteiger partial charge is 0.493 e. The Morgan fingerprint density at radius 3 is 2.62 bits per heavy atom. The summed E-state index contributed by atoms with van der Waals surface area (Å²) in [6, 6.07) is 6.07. The van der Waals surface area contributed by atoms with Crippen LogP contribution in [-0.2, 0) is 13.1 Å². The minimum absolute atomic E-state index is 0. The zero-order chi connectivity index (χ0) is 20.5. The van der Waals surface area contributed by atoms with Gasteiger partial charge >= 0.3 is 6.55 Å². The molecule has 1 heterocycles. The molecule has 9 heteroatoms. The molecule has 2 rings (SSSR count). The fraction of sp³-hybridized carbons (Fsp3) is 0.500. The van der Waals surface area contributed by atoms with Gasteiger partial charge in [-0.05, 0) is 30.9 Å². The van der Waals surface area contributed by atoms with Crippen molar-refractivity contribution >= 4 is 29.9 Å². The topological polar surface area (TPSA) is 63.5 Å². The number of hydrogen-bond acceptors (Lipinski definition) is 3. The van der Waals surface area contributed by atoms with E-state index in [9.17, 15) is 8.78 Å². The Morgan fingerprint density at radius 2 is 1.97 bits per heavy atom. The Balaban J connectivity index is 0.00000420. The lowest BCUT2D eigenvalue weighted by Crippen LogP contribution is -2.37.